The lowest BCUT2D eigenvalue weighted by atomic mass is 9.72. The maximum atomic E-state index is 6.34. The molecule has 3 rings (SSSR count). The van der Waals surface area contributed by atoms with E-state index in [0.29, 0.717) is 0 Å². The van der Waals surface area contributed by atoms with Crippen LogP contribution in [-0.2, 0) is 12.0 Å². The van der Waals surface area contributed by atoms with Gasteiger partial charge in [-0.25, -0.2) is 0 Å². The van der Waals surface area contributed by atoms with Gasteiger partial charge in [0.1, 0.15) is 0 Å². The van der Waals surface area contributed by atoms with Crippen molar-refractivity contribution < 1.29 is 0 Å². The SMILES string of the molecule is CN1CCc2cc(C3(N)CCC3)ccc21. The number of fused-ring (bicyclic) bond motifs is 1. The van der Waals surface area contributed by atoms with Crippen molar-refractivity contribution in [1.82, 2.24) is 0 Å². The van der Waals surface area contributed by atoms with Gasteiger partial charge in [0.2, 0.25) is 0 Å². The second-order valence-corrected chi connectivity index (χ2v) is 5.02. The summed E-state index contributed by atoms with van der Waals surface area (Å²) < 4.78 is 0. The Balaban J connectivity index is 1.99. The van der Waals surface area contributed by atoms with E-state index in [2.05, 4.69) is 30.1 Å². The average Bonchev–Trinajstić information content (AvgIpc) is 2.56. The first kappa shape index (κ1) is 9.22. The van der Waals surface area contributed by atoms with Crippen LogP contribution in [0.1, 0.15) is 30.4 Å². The molecule has 0 aromatic heterocycles. The van der Waals surface area contributed by atoms with E-state index in [1.807, 2.05) is 0 Å². The van der Waals surface area contributed by atoms with Gasteiger partial charge in [-0.15, -0.1) is 0 Å². The fraction of sp³-hybridized carbons (Fsp3) is 0.538. The highest BCUT2D eigenvalue weighted by atomic mass is 15.1. The minimum atomic E-state index is -0.00378. The summed E-state index contributed by atoms with van der Waals surface area (Å²) >= 11 is 0. The summed E-state index contributed by atoms with van der Waals surface area (Å²) in [5.74, 6) is 0. The maximum absolute atomic E-state index is 6.34. The van der Waals surface area contributed by atoms with Crippen LogP contribution in [-0.4, -0.2) is 13.6 Å². The molecule has 0 spiro atoms. The Labute approximate surface area is 91.1 Å². The molecular formula is C13H18N2. The number of hydrogen-bond donors (Lipinski definition) is 1. The number of nitrogens with zero attached hydrogens (tertiary/aromatic N) is 1. The van der Waals surface area contributed by atoms with Crippen molar-refractivity contribution in [3.63, 3.8) is 0 Å². The second kappa shape index (κ2) is 2.99. The summed E-state index contributed by atoms with van der Waals surface area (Å²) in [6, 6.07) is 6.79. The first-order chi connectivity index (χ1) is 7.19. The predicted molar refractivity (Wildman–Crippen MR) is 63.1 cm³/mol. The third kappa shape index (κ3) is 1.28. The van der Waals surface area contributed by atoms with Crippen LogP contribution >= 0.6 is 0 Å². The molecule has 0 amide bonds. The first-order valence-corrected chi connectivity index (χ1v) is 5.82. The summed E-state index contributed by atoms with van der Waals surface area (Å²) in [4.78, 5) is 2.32. The van der Waals surface area contributed by atoms with E-state index in [1.54, 1.807) is 0 Å². The molecule has 1 aliphatic heterocycles. The first-order valence-electron chi connectivity index (χ1n) is 5.82. The molecule has 80 valence electrons. The second-order valence-electron chi connectivity index (χ2n) is 5.02. The Morgan fingerprint density at radius 3 is 2.80 bits per heavy atom. The van der Waals surface area contributed by atoms with E-state index in [-0.39, 0.29) is 5.54 Å². The van der Waals surface area contributed by atoms with E-state index in [1.165, 1.54) is 29.7 Å². The van der Waals surface area contributed by atoms with Crippen LogP contribution in [0.3, 0.4) is 0 Å². The van der Waals surface area contributed by atoms with Crippen LogP contribution in [0, 0.1) is 0 Å². The van der Waals surface area contributed by atoms with Gasteiger partial charge in [0.05, 0.1) is 0 Å². The largest absolute Gasteiger partial charge is 0.374 e. The zero-order valence-corrected chi connectivity index (χ0v) is 9.29. The highest BCUT2D eigenvalue weighted by Gasteiger charge is 2.35. The van der Waals surface area contributed by atoms with Gasteiger partial charge >= 0.3 is 0 Å². The summed E-state index contributed by atoms with van der Waals surface area (Å²) in [6.07, 6.45) is 4.77. The smallest absolute Gasteiger partial charge is 0.0409 e. The van der Waals surface area contributed by atoms with Gasteiger partial charge in [0, 0.05) is 24.8 Å². The van der Waals surface area contributed by atoms with E-state index in [0.717, 1.165) is 19.4 Å². The Bertz CT molecular complexity index is 394. The lowest BCUT2D eigenvalue weighted by Gasteiger charge is -2.39. The number of rotatable bonds is 1. The maximum Gasteiger partial charge on any atom is 0.0409 e. The number of benzene rings is 1. The predicted octanol–water partition coefficient (Wildman–Crippen LogP) is 2.02. The number of likely N-dealkylation sites (N-methyl/N-ethyl adjacent to an activating group) is 1. The van der Waals surface area contributed by atoms with Crippen LogP contribution in [0.25, 0.3) is 0 Å². The lowest BCUT2D eigenvalue weighted by molar-refractivity contribution is 0.253. The van der Waals surface area contributed by atoms with Crippen molar-refractivity contribution in [2.45, 2.75) is 31.2 Å². The Kier molecular flexibility index (Phi) is 1.84. The third-order valence-corrected chi connectivity index (χ3v) is 4.03. The Morgan fingerprint density at radius 1 is 1.33 bits per heavy atom. The molecule has 2 nitrogen and oxygen atoms in total. The molecule has 1 aliphatic carbocycles. The highest BCUT2D eigenvalue weighted by Crippen LogP contribution is 2.40. The van der Waals surface area contributed by atoms with E-state index in [4.69, 9.17) is 5.73 Å². The zero-order valence-electron chi connectivity index (χ0n) is 9.29. The van der Waals surface area contributed by atoms with Crippen LogP contribution in [0.15, 0.2) is 18.2 Å². The van der Waals surface area contributed by atoms with Crippen LogP contribution < -0.4 is 10.6 Å². The summed E-state index contributed by atoms with van der Waals surface area (Å²) in [6.45, 7) is 1.15. The lowest BCUT2D eigenvalue weighted by Crippen LogP contribution is -2.43. The monoisotopic (exact) mass is 202 g/mol. The average molecular weight is 202 g/mol. The molecule has 2 heteroatoms. The van der Waals surface area contributed by atoms with Gasteiger partial charge in [-0.3, -0.25) is 0 Å². The topological polar surface area (TPSA) is 29.3 Å². The third-order valence-electron chi connectivity index (χ3n) is 4.03. The van der Waals surface area contributed by atoms with Gasteiger partial charge in [0.15, 0.2) is 0 Å². The summed E-state index contributed by atoms with van der Waals surface area (Å²) in [7, 11) is 2.16. The van der Waals surface area contributed by atoms with Crippen molar-refractivity contribution in [2.75, 3.05) is 18.5 Å². The molecule has 2 N–H and O–H groups in total. The number of nitrogens with two attached hydrogens (primary N) is 1. The zero-order chi connectivity index (χ0) is 10.5. The molecule has 0 radical (unpaired) electrons. The van der Waals surface area contributed by atoms with Gasteiger partial charge in [0.25, 0.3) is 0 Å². The Hall–Kier alpha value is -1.02. The van der Waals surface area contributed by atoms with E-state index in [9.17, 15) is 0 Å². The number of hydrogen-bond acceptors (Lipinski definition) is 2. The van der Waals surface area contributed by atoms with Crippen molar-refractivity contribution in [1.29, 1.82) is 0 Å². The summed E-state index contributed by atoms with van der Waals surface area (Å²) in [5, 5.41) is 0. The van der Waals surface area contributed by atoms with Gasteiger partial charge in [-0.05, 0) is 42.9 Å². The van der Waals surface area contributed by atoms with Crippen molar-refractivity contribution in [3.8, 4) is 0 Å². The molecule has 0 unspecified atom stereocenters. The quantitative estimate of drug-likeness (QED) is 0.755. The molecule has 1 aromatic rings. The molecule has 1 aromatic carbocycles. The van der Waals surface area contributed by atoms with Gasteiger partial charge in [-0.1, -0.05) is 12.1 Å². The normalized spacial score (nSPS) is 22.4. The number of anilines is 1. The molecule has 1 heterocycles. The minimum Gasteiger partial charge on any atom is -0.374 e. The molecule has 1 fully saturated rings. The van der Waals surface area contributed by atoms with Gasteiger partial charge < -0.3 is 10.6 Å². The summed E-state index contributed by atoms with van der Waals surface area (Å²) in [5.41, 5.74) is 10.6. The van der Waals surface area contributed by atoms with E-state index < -0.39 is 0 Å². The van der Waals surface area contributed by atoms with Crippen molar-refractivity contribution >= 4 is 5.69 Å². The molecular weight excluding hydrogens is 184 g/mol. The molecule has 2 aliphatic rings. The van der Waals surface area contributed by atoms with Crippen LogP contribution in [0.2, 0.25) is 0 Å². The van der Waals surface area contributed by atoms with Crippen molar-refractivity contribution in [2.24, 2.45) is 5.73 Å². The molecule has 15 heavy (non-hydrogen) atoms. The van der Waals surface area contributed by atoms with Crippen LogP contribution in [0.4, 0.5) is 5.69 Å². The fourth-order valence-electron chi connectivity index (χ4n) is 2.72. The molecule has 0 atom stereocenters. The van der Waals surface area contributed by atoms with E-state index >= 15 is 0 Å². The fourth-order valence-corrected chi connectivity index (χ4v) is 2.72. The van der Waals surface area contributed by atoms with Gasteiger partial charge in [-0.2, -0.15) is 0 Å². The Morgan fingerprint density at radius 2 is 2.13 bits per heavy atom. The minimum absolute atomic E-state index is 0.00378. The standard InChI is InChI=1S/C13H18N2/c1-15-8-5-10-9-11(3-4-12(10)15)13(14)6-2-7-13/h3-4,9H,2,5-8,14H2,1H3. The molecule has 1 saturated carbocycles. The van der Waals surface area contributed by atoms with Crippen molar-refractivity contribution in [3.05, 3.63) is 29.3 Å². The molecule has 0 bridgehead atoms. The van der Waals surface area contributed by atoms with Crippen LogP contribution in [0.5, 0.6) is 0 Å². The highest BCUT2D eigenvalue weighted by molar-refractivity contribution is 5.59. The molecule has 0 saturated heterocycles.